The second-order valence-corrected chi connectivity index (χ2v) is 3.84. The van der Waals surface area contributed by atoms with Gasteiger partial charge in [-0.2, -0.15) is 4.39 Å². The van der Waals surface area contributed by atoms with Crippen LogP contribution < -0.4 is 0 Å². The number of nitrogens with zero attached hydrogens (tertiary/aromatic N) is 2. The minimum Gasteiger partial charge on any atom is -0.480 e. The zero-order valence-corrected chi connectivity index (χ0v) is 8.97. The Hall–Kier alpha value is -1.98. The van der Waals surface area contributed by atoms with E-state index in [9.17, 15) is 14.0 Å². The number of likely N-dealkylation sites (tertiary alicyclic amines) is 1. The number of hydrogen-bond acceptors (Lipinski definition) is 3. The monoisotopic (exact) mass is 238 g/mol. The number of hydrogen-bond donors (Lipinski definition) is 1. The van der Waals surface area contributed by atoms with E-state index < -0.39 is 23.9 Å². The first-order chi connectivity index (χ1) is 8.09. The highest BCUT2D eigenvalue weighted by molar-refractivity contribution is 5.95. The molecule has 1 N–H and O–H groups in total. The van der Waals surface area contributed by atoms with E-state index in [1.807, 2.05) is 0 Å². The van der Waals surface area contributed by atoms with Crippen molar-refractivity contribution in [2.24, 2.45) is 0 Å². The smallest absolute Gasteiger partial charge is 0.326 e. The standard InChI is InChI=1S/C11H11FN2O3/c12-9-5-1-3-7(13-9)10(15)14-6-2-4-8(14)11(16)17/h1,3,5,8H,2,4,6H2,(H,16,17). The van der Waals surface area contributed by atoms with Gasteiger partial charge in [-0.25, -0.2) is 9.78 Å². The van der Waals surface area contributed by atoms with Crippen molar-refractivity contribution in [2.45, 2.75) is 18.9 Å². The molecule has 5 nitrogen and oxygen atoms in total. The van der Waals surface area contributed by atoms with Gasteiger partial charge in [-0.15, -0.1) is 0 Å². The van der Waals surface area contributed by atoms with Crippen molar-refractivity contribution in [2.75, 3.05) is 6.54 Å². The van der Waals surface area contributed by atoms with Gasteiger partial charge < -0.3 is 10.0 Å². The molecule has 17 heavy (non-hydrogen) atoms. The molecule has 1 fully saturated rings. The van der Waals surface area contributed by atoms with Crippen LogP contribution in [0.2, 0.25) is 0 Å². The van der Waals surface area contributed by atoms with Crippen molar-refractivity contribution in [1.29, 1.82) is 0 Å². The topological polar surface area (TPSA) is 70.5 Å². The van der Waals surface area contributed by atoms with Gasteiger partial charge in [0.25, 0.3) is 5.91 Å². The molecule has 0 spiro atoms. The van der Waals surface area contributed by atoms with Gasteiger partial charge in [-0.3, -0.25) is 4.79 Å². The van der Waals surface area contributed by atoms with Crippen LogP contribution in [-0.2, 0) is 4.79 Å². The van der Waals surface area contributed by atoms with Crippen LogP contribution in [0.3, 0.4) is 0 Å². The lowest BCUT2D eigenvalue weighted by Crippen LogP contribution is -2.40. The number of carboxylic acid groups (broad SMARTS) is 1. The van der Waals surface area contributed by atoms with Gasteiger partial charge in [-0.05, 0) is 25.0 Å². The van der Waals surface area contributed by atoms with E-state index in [0.717, 1.165) is 6.07 Å². The average Bonchev–Trinajstić information content (AvgIpc) is 2.77. The van der Waals surface area contributed by atoms with Crippen LogP contribution in [-0.4, -0.2) is 39.5 Å². The molecule has 2 rings (SSSR count). The third kappa shape index (κ3) is 2.25. The SMILES string of the molecule is O=C(O)C1CCCN1C(=O)c1cccc(F)n1. The molecule has 2 heterocycles. The average molecular weight is 238 g/mol. The molecule has 1 aromatic heterocycles. The number of aliphatic carboxylic acids is 1. The predicted molar refractivity (Wildman–Crippen MR) is 55.9 cm³/mol. The number of carbonyl (C=O) groups is 2. The zero-order chi connectivity index (χ0) is 12.4. The first-order valence-electron chi connectivity index (χ1n) is 5.26. The molecule has 0 bridgehead atoms. The fourth-order valence-electron chi connectivity index (χ4n) is 1.94. The van der Waals surface area contributed by atoms with Gasteiger partial charge >= 0.3 is 5.97 Å². The Balaban J connectivity index is 2.23. The van der Waals surface area contributed by atoms with E-state index in [1.165, 1.54) is 17.0 Å². The molecule has 90 valence electrons. The van der Waals surface area contributed by atoms with Gasteiger partial charge in [0.2, 0.25) is 5.95 Å². The molecule has 0 aromatic carbocycles. The first kappa shape index (κ1) is 11.5. The molecule has 1 atom stereocenters. The van der Waals surface area contributed by atoms with Gasteiger partial charge in [0, 0.05) is 6.54 Å². The van der Waals surface area contributed by atoms with Crippen LogP contribution in [0.4, 0.5) is 4.39 Å². The highest BCUT2D eigenvalue weighted by Gasteiger charge is 2.34. The number of carbonyl (C=O) groups excluding carboxylic acids is 1. The molecule has 1 saturated heterocycles. The number of halogens is 1. The van der Waals surface area contributed by atoms with Gasteiger partial charge in [0.15, 0.2) is 0 Å². The van der Waals surface area contributed by atoms with Crippen LogP contribution in [0.1, 0.15) is 23.3 Å². The lowest BCUT2D eigenvalue weighted by molar-refractivity contribution is -0.141. The quantitative estimate of drug-likeness (QED) is 0.777. The maximum atomic E-state index is 12.9. The van der Waals surface area contributed by atoms with Crippen LogP contribution in [0.25, 0.3) is 0 Å². The summed E-state index contributed by atoms with van der Waals surface area (Å²) < 4.78 is 12.9. The Morgan fingerprint density at radius 2 is 2.24 bits per heavy atom. The van der Waals surface area contributed by atoms with E-state index in [1.54, 1.807) is 0 Å². The number of carboxylic acids is 1. The number of amides is 1. The molecule has 0 aliphatic carbocycles. The highest BCUT2D eigenvalue weighted by atomic mass is 19.1. The Bertz CT molecular complexity index is 464. The number of pyridine rings is 1. The number of rotatable bonds is 2. The van der Waals surface area contributed by atoms with Crippen LogP contribution in [0.5, 0.6) is 0 Å². The second-order valence-electron chi connectivity index (χ2n) is 3.84. The molecule has 1 amide bonds. The summed E-state index contributed by atoms with van der Waals surface area (Å²) in [6, 6.07) is 3.06. The van der Waals surface area contributed by atoms with E-state index in [2.05, 4.69) is 4.98 Å². The van der Waals surface area contributed by atoms with Crippen LogP contribution in [0.15, 0.2) is 18.2 Å². The van der Waals surface area contributed by atoms with E-state index >= 15 is 0 Å². The maximum absolute atomic E-state index is 12.9. The second kappa shape index (κ2) is 4.48. The minimum atomic E-state index is -1.03. The van der Waals surface area contributed by atoms with E-state index in [4.69, 9.17) is 5.11 Å². The third-order valence-corrected chi connectivity index (χ3v) is 2.73. The van der Waals surface area contributed by atoms with Crippen molar-refractivity contribution in [1.82, 2.24) is 9.88 Å². The molecule has 0 radical (unpaired) electrons. The van der Waals surface area contributed by atoms with Crippen molar-refractivity contribution in [3.63, 3.8) is 0 Å². The summed E-state index contributed by atoms with van der Waals surface area (Å²) >= 11 is 0. The molecule has 1 aliphatic rings. The zero-order valence-electron chi connectivity index (χ0n) is 8.97. The fourth-order valence-corrected chi connectivity index (χ4v) is 1.94. The highest BCUT2D eigenvalue weighted by Crippen LogP contribution is 2.19. The summed E-state index contributed by atoms with van der Waals surface area (Å²) in [5.41, 5.74) is -0.0573. The maximum Gasteiger partial charge on any atom is 0.326 e. The van der Waals surface area contributed by atoms with E-state index in [-0.39, 0.29) is 5.69 Å². The molecular weight excluding hydrogens is 227 g/mol. The first-order valence-corrected chi connectivity index (χ1v) is 5.26. The number of aromatic nitrogens is 1. The Morgan fingerprint density at radius 1 is 1.47 bits per heavy atom. The predicted octanol–water partition coefficient (Wildman–Crippen LogP) is 0.910. The Morgan fingerprint density at radius 3 is 2.88 bits per heavy atom. The normalized spacial score (nSPS) is 19.4. The van der Waals surface area contributed by atoms with Crippen LogP contribution >= 0.6 is 0 Å². The van der Waals surface area contributed by atoms with Crippen molar-refractivity contribution < 1.29 is 19.1 Å². The molecular formula is C11H11FN2O3. The summed E-state index contributed by atoms with van der Waals surface area (Å²) in [6.07, 6.45) is 1.06. The van der Waals surface area contributed by atoms with Gasteiger partial charge in [0.1, 0.15) is 11.7 Å². The Kier molecular flexibility index (Phi) is 3.03. The fraction of sp³-hybridized carbons (Fsp3) is 0.364. The van der Waals surface area contributed by atoms with Gasteiger partial charge in [0.05, 0.1) is 0 Å². The Labute approximate surface area is 96.9 Å². The van der Waals surface area contributed by atoms with Crippen molar-refractivity contribution in [3.05, 3.63) is 29.8 Å². The summed E-state index contributed by atoms with van der Waals surface area (Å²) in [5, 5.41) is 8.95. The van der Waals surface area contributed by atoms with Gasteiger partial charge in [-0.1, -0.05) is 6.07 Å². The van der Waals surface area contributed by atoms with Crippen LogP contribution in [0, 0.1) is 5.95 Å². The molecule has 6 heteroatoms. The summed E-state index contributed by atoms with van der Waals surface area (Å²) in [4.78, 5) is 27.6. The summed E-state index contributed by atoms with van der Waals surface area (Å²) in [7, 11) is 0. The molecule has 0 saturated carbocycles. The molecule has 1 aliphatic heterocycles. The lowest BCUT2D eigenvalue weighted by Gasteiger charge is -2.20. The molecule has 1 unspecified atom stereocenters. The lowest BCUT2D eigenvalue weighted by atomic mass is 10.2. The van der Waals surface area contributed by atoms with Crippen molar-refractivity contribution >= 4 is 11.9 Å². The minimum absolute atomic E-state index is 0.0573. The third-order valence-electron chi connectivity index (χ3n) is 2.73. The largest absolute Gasteiger partial charge is 0.480 e. The van der Waals surface area contributed by atoms with E-state index in [0.29, 0.717) is 19.4 Å². The summed E-state index contributed by atoms with van der Waals surface area (Å²) in [6.45, 7) is 0.369. The summed E-state index contributed by atoms with van der Waals surface area (Å²) in [5.74, 6) is -2.32. The van der Waals surface area contributed by atoms with Crippen molar-refractivity contribution in [3.8, 4) is 0 Å². The molecule has 1 aromatic rings.